The van der Waals surface area contributed by atoms with E-state index in [1.807, 2.05) is 0 Å². The molecule has 0 unspecified atom stereocenters. The molecule has 0 spiro atoms. The summed E-state index contributed by atoms with van der Waals surface area (Å²) in [5.74, 6) is 0. The number of hydrogen-bond donors (Lipinski definition) is 1. The van der Waals surface area contributed by atoms with E-state index in [0.29, 0.717) is 17.1 Å². The Morgan fingerprint density at radius 3 is 2.77 bits per heavy atom. The summed E-state index contributed by atoms with van der Waals surface area (Å²) in [6, 6.07) is 0.0289. The normalized spacial score (nSPS) is 20.1. The summed E-state index contributed by atoms with van der Waals surface area (Å²) in [4.78, 5) is 10.6. The molecule has 2 aromatic rings. The van der Waals surface area contributed by atoms with Crippen molar-refractivity contribution in [3.8, 4) is 0 Å². The number of hydrogen-bond acceptors (Lipinski definition) is 6. The Balaban J connectivity index is 1.89. The zero-order valence-electron chi connectivity index (χ0n) is 12.4. The van der Waals surface area contributed by atoms with Crippen molar-refractivity contribution >= 4 is 9.84 Å². The molecule has 1 N–H and O–H groups in total. The van der Waals surface area contributed by atoms with E-state index in [-0.39, 0.29) is 6.04 Å². The molecule has 1 aliphatic heterocycles. The van der Waals surface area contributed by atoms with Gasteiger partial charge < -0.3 is 0 Å². The molecule has 3 rings (SSSR count). The number of piperidine rings is 1. The van der Waals surface area contributed by atoms with Gasteiger partial charge in [-0.3, -0.25) is 10.00 Å². The number of H-pyrrole nitrogens is 1. The first-order valence-corrected chi connectivity index (χ1v) is 9.16. The predicted molar refractivity (Wildman–Crippen MR) is 80.7 cm³/mol. The molecule has 0 radical (unpaired) electrons. The van der Waals surface area contributed by atoms with Crippen LogP contribution in [0.1, 0.15) is 36.6 Å². The predicted octanol–water partition coefficient (Wildman–Crippen LogP) is 1.33. The third kappa shape index (κ3) is 3.17. The Labute approximate surface area is 129 Å². The number of aromatic nitrogens is 4. The second kappa shape index (κ2) is 6.13. The summed E-state index contributed by atoms with van der Waals surface area (Å²) in [6.07, 6.45) is 10.8. The van der Waals surface area contributed by atoms with Gasteiger partial charge in [0.25, 0.3) is 0 Å². The van der Waals surface area contributed by atoms with Crippen molar-refractivity contribution in [3.63, 3.8) is 0 Å². The minimum absolute atomic E-state index is 0.0289. The third-order valence-electron chi connectivity index (χ3n) is 3.98. The number of nitrogens with zero attached hydrogens (tertiary/aromatic N) is 4. The lowest BCUT2D eigenvalue weighted by Crippen LogP contribution is -2.34. The quantitative estimate of drug-likeness (QED) is 0.913. The Kier molecular flexibility index (Phi) is 4.21. The molecular formula is C14H19N5O2S. The second-order valence-electron chi connectivity index (χ2n) is 5.65. The molecule has 3 heterocycles. The summed E-state index contributed by atoms with van der Waals surface area (Å²) in [7, 11) is -3.28. The van der Waals surface area contributed by atoms with Gasteiger partial charge in [0.1, 0.15) is 11.2 Å². The summed E-state index contributed by atoms with van der Waals surface area (Å²) in [5.41, 5.74) is 1.72. The Morgan fingerprint density at radius 1 is 1.27 bits per heavy atom. The summed E-state index contributed by atoms with van der Waals surface area (Å²) in [6.45, 7) is 1.62. The molecule has 1 fully saturated rings. The van der Waals surface area contributed by atoms with Crippen LogP contribution in [0, 0.1) is 0 Å². The molecular weight excluding hydrogens is 302 g/mol. The first kappa shape index (κ1) is 15.1. The monoisotopic (exact) mass is 321 g/mol. The molecule has 0 bridgehead atoms. The van der Waals surface area contributed by atoms with Crippen LogP contribution in [0.25, 0.3) is 0 Å². The molecule has 2 aromatic heterocycles. The van der Waals surface area contributed by atoms with Crippen LogP contribution >= 0.6 is 0 Å². The molecule has 7 nitrogen and oxygen atoms in total. The molecule has 0 aromatic carbocycles. The fourth-order valence-corrected chi connectivity index (χ4v) is 3.80. The minimum atomic E-state index is -3.28. The van der Waals surface area contributed by atoms with Gasteiger partial charge in [0.15, 0.2) is 9.84 Å². The molecule has 1 saturated heterocycles. The fraction of sp³-hybridized carbons (Fsp3) is 0.500. The maximum Gasteiger partial charge on any atom is 0.178 e. The summed E-state index contributed by atoms with van der Waals surface area (Å²) >= 11 is 0. The van der Waals surface area contributed by atoms with Gasteiger partial charge in [-0.15, -0.1) is 0 Å². The van der Waals surface area contributed by atoms with Crippen LogP contribution in [0.2, 0.25) is 0 Å². The smallest absolute Gasteiger partial charge is 0.178 e. The molecule has 0 amide bonds. The SMILES string of the molecule is CS(=O)(=O)c1cn[nH]c1[C@@H]1CCCCN1Cc1cncnc1. The number of rotatable bonds is 4. The number of sulfone groups is 1. The van der Waals surface area contributed by atoms with Crippen molar-refractivity contribution in [2.45, 2.75) is 36.7 Å². The number of likely N-dealkylation sites (tertiary alicyclic amines) is 1. The topological polar surface area (TPSA) is 91.8 Å². The van der Waals surface area contributed by atoms with Crippen molar-refractivity contribution in [1.29, 1.82) is 0 Å². The minimum Gasteiger partial charge on any atom is -0.290 e. The van der Waals surface area contributed by atoms with Crippen LogP contribution in [0.5, 0.6) is 0 Å². The Morgan fingerprint density at radius 2 is 2.05 bits per heavy atom. The molecule has 1 atom stereocenters. The van der Waals surface area contributed by atoms with Gasteiger partial charge in [0.05, 0.1) is 17.9 Å². The van der Waals surface area contributed by atoms with E-state index in [1.54, 1.807) is 12.4 Å². The third-order valence-corrected chi connectivity index (χ3v) is 5.10. The van der Waals surface area contributed by atoms with E-state index < -0.39 is 9.84 Å². The first-order chi connectivity index (χ1) is 10.6. The largest absolute Gasteiger partial charge is 0.290 e. The van der Waals surface area contributed by atoms with Crippen LogP contribution in [0.15, 0.2) is 29.8 Å². The van der Waals surface area contributed by atoms with Crippen LogP contribution in [-0.4, -0.2) is 46.3 Å². The first-order valence-electron chi connectivity index (χ1n) is 7.27. The van der Waals surface area contributed by atoms with Crippen molar-refractivity contribution in [2.24, 2.45) is 0 Å². The Bertz CT molecular complexity index is 729. The standard InChI is InChI=1S/C14H19N5O2S/c1-22(20,21)13-8-17-18-14(13)12-4-2-3-5-19(12)9-11-6-15-10-16-7-11/h6-8,10,12H,2-5,9H2,1H3,(H,17,18)/t12-/m0/s1. The molecule has 0 aliphatic carbocycles. The second-order valence-corrected chi connectivity index (χ2v) is 7.63. The molecule has 118 valence electrons. The Hall–Kier alpha value is -1.80. The van der Waals surface area contributed by atoms with Gasteiger partial charge in [-0.1, -0.05) is 6.42 Å². The highest BCUT2D eigenvalue weighted by molar-refractivity contribution is 7.90. The summed E-state index contributed by atoms with van der Waals surface area (Å²) in [5, 5.41) is 6.85. The summed E-state index contributed by atoms with van der Waals surface area (Å²) < 4.78 is 23.8. The van der Waals surface area contributed by atoms with Gasteiger partial charge in [0.2, 0.25) is 0 Å². The molecule has 22 heavy (non-hydrogen) atoms. The van der Waals surface area contributed by atoms with E-state index in [1.165, 1.54) is 18.8 Å². The van der Waals surface area contributed by atoms with Crippen LogP contribution in [0.3, 0.4) is 0 Å². The van der Waals surface area contributed by atoms with Crippen molar-refractivity contribution in [1.82, 2.24) is 25.1 Å². The molecule has 0 saturated carbocycles. The van der Waals surface area contributed by atoms with Gasteiger partial charge in [-0.25, -0.2) is 18.4 Å². The molecule has 1 aliphatic rings. The van der Waals surface area contributed by atoms with E-state index in [4.69, 9.17) is 0 Å². The van der Waals surface area contributed by atoms with Gasteiger partial charge >= 0.3 is 0 Å². The number of aromatic amines is 1. The highest BCUT2D eigenvalue weighted by atomic mass is 32.2. The van der Waals surface area contributed by atoms with Crippen molar-refractivity contribution in [2.75, 3.05) is 12.8 Å². The highest BCUT2D eigenvalue weighted by Gasteiger charge is 2.30. The van der Waals surface area contributed by atoms with E-state index in [2.05, 4.69) is 25.1 Å². The van der Waals surface area contributed by atoms with Crippen molar-refractivity contribution < 1.29 is 8.42 Å². The van der Waals surface area contributed by atoms with Gasteiger partial charge in [-0.05, 0) is 19.4 Å². The lowest BCUT2D eigenvalue weighted by Gasteiger charge is -2.35. The van der Waals surface area contributed by atoms with Crippen LogP contribution in [-0.2, 0) is 16.4 Å². The van der Waals surface area contributed by atoms with Gasteiger partial charge in [-0.2, -0.15) is 5.10 Å². The maximum atomic E-state index is 11.9. The van der Waals surface area contributed by atoms with E-state index in [0.717, 1.165) is 31.4 Å². The van der Waals surface area contributed by atoms with Crippen LogP contribution in [0.4, 0.5) is 0 Å². The van der Waals surface area contributed by atoms with Crippen molar-refractivity contribution in [3.05, 3.63) is 36.2 Å². The van der Waals surface area contributed by atoms with E-state index >= 15 is 0 Å². The maximum absolute atomic E-state index is 11.9. The van der Waals surface area contributed by atoms with E-state index in [9.17, 15) is 8.42 Å². The number of nitrogens with one attached hydrogen (secondary N) is 1. The molecule has 8 heteroatoms. The average molecular weight is 321 g/mol. The van der Waals surface area contributed by atoms with Crippen LogP contribution < -0.4 is 0 Å². The lowest BCUT2D eigenvalue weighted by molar-refractivity contribution is 0.135. The fourth-order valence-electron chi connectivity index (χ4n) is 2.97. The average Bonchev–Trinajstić information content (AvgIpc) is 2.98. The van der Waals surface area contributed by atoms with Gasteiger partial charge in [0, 0.05) is 30.8 Å². The highest BCUT2D eigenvalue weighted by Crippen LogP contribution is 2.34. The lowest BCUT2D eigenvalue weighted by atomic mass is 9.99. The zero-order valence-corrected chi connectivity index (χ0v) is 13.3. The zero-order chi connectivity index (χ0) is 15.6.